The van der Waals surface area contributed by atoms with Crippen LogP contribution in [0.2, 0.25) is 0 Å². The quantitative estimate of drug-likeness (QED) is 0.865. The zero-order chi connectivity index (χ0) is 15.7. The molecule has 1 rings (SSSR count). The fourth-order valence-electron chi connectivity index (χ4n) is 1.36. The molecule has 0 radical (unpaired) electrons. The second-order valence-corrected chi connectivity index (χ2v) is 3.36. The summed E-state index contributed by atoms with van der Waals surface area (Å²) in [4.78, 5) is 10.8. The van der Waals surface area contributed by atoms with Crippen molar-refractivity contribution >= 4 is 5.78 Å². The lowest BCUT2D eigenvalue weighted by Gasteiger charge is -2.08. The molecule has 0 saturated carbocycles. The first kappa shape index (κ1) is 23.0. The first-order valence-electron chi connectivity index (χ1n) is 7.47. The maximum Gasteiger partial charge on any atom is 0.131 e. The standard InChI is InChI=1S/C11H15NO.3C2H6/c1-9(13)7-11(12)8-10-5-3-2-4-6-10;3*1-2/h2-6,11H,7-8,12H2,1H3;3*1-2H3. The summed E-state index contributed by atoms with van der Waals surface area (Å²) in [5.41, 5.74) is 6.98. The van der Waals surface area contributed by atoms with Gasteiger partial charge in [0.2, 0.25) is 0 Å². The summed E-state index contributed by atoms with van der Waals surface area (Å²) in [6, 6.07) is 9.95. The minimum Gasteiger partial charge on any atom is -0.327 e. The normalized spacial score (nSPS) is 9.47. The van der Waals surface area contributed by atoms with Crippen molar-refractivity contribution < 1.29 is 4.79 Å². The third-order valence-corrected chi connectivity index (χ3v) is 1.89. The maximum absolute atomic E-state index is 10.8. The largest absolute Gasteiger partial charge is 0.327 e. The summed E-state index contributed by atoms with van der Waals surface area (Å²) in [7, 11) is 0. The van der Waals surface area contributed by atoms with Crippen molar-refractivity contribution in [1.29, 1.82) is 0 Å². The van der Waals surface area contributed by atoms with Gasteiger partial charge in [-0.1, -0.05) is 71.9 Å². The third kappa shape index (κ3) is 16.9. The van der Waals surface area contributed by atoms with Crippen molar-refractivity contribution in [2.75, 3.05) is 0 Å². The van der Waals surface area contributed by atoms with E-state index in [9.17, 15) is 4.79 Å². The van der Waals surface area contributed by atoms with Gasteiger partial charge in [-0.2, -0.15) is 0 Å². The molecule has 0 saturated heterocycles. The molecule has 0 aliphatic rings. The number of carbonyl (C=O) groups excluding carboxylic acids is 1. The molecular weight excluding hydrogens is 234 g/mol. The van der Waals surface area contributed by atoms with Gasteiger partial charge in [-0.25, -0.2) is 0 Å². The molecule has 19 heavy (non-hydrogen) atoms. The minimum absolute atomic E-state index is 0.0418. The van der Waals surface area contributed by atoms with Crippen molar-refractivity contribution in [1.82, 2.24) is 0 Å². The van der Waals surface area contributed by atoms with Crippen LogP contribution in [0.4, 0.5) is 0 Å². The Hall–Kier alpha value is -1.15. The van der Waals surface area contributed by atoms with E-state index in [1.54, 1.807) is 6.92 Å². The average Bonchev–Trinajstić information content (AvgIpc) is 2.45. The average molecular weight is 267 g/mol. The smallest absolute Gasteiger partial charge is 0.131 e. The highest BCUT2D eigenvalue weighted by molar-refractivity contribution is 5.76. The first-order valence-corrected chi connectivity index (χ1v) is 7.47. The van der Waals surface area contributed by atoms with Crippen LogP contribution in [-0.2, 0) is 11.2 Å². The second kappa shape index (κ2) is 19.2. The zero-order valence-electron chi connectivity index (χ0n) is 13.9. The summed E-state index contributed by atoms with van der Waals surface area (Å²) < 4.78 is 0. The van der Waals surface area contributed by atoms with Crippen LogP contribution in [-0.4, -0.2) is 11.8 Å². The topological polar surface area (TPSA) is 43.1 Å². The summed E-state index contributed by atoms with van der Waals surface area (Å²) in [5, 5.41) is 0. The van der Waals surface area contributed by atoms with E-state index in [1.807, 2.05) is 71.9 Å². The molecule has 0 amide bonds. The van der Waals surface area contributed by atoms with E-state index in [4.69, 9.17) is 5.73 Å². The van der Waals surface area contributed by atoms with Crippen molar-refractivity contribution in [2.24, 2.45) is 5.73 Å². The number of benzene rings is 1. The Labute approximate surface area is 120 Å². The maximum atomic E-state index is 10.8. The predicted molar refractivity (Wildman–Crippen MR) is 87.5 cm³/mol. The molecule has 112 valence electrons. The van der Waals surface area contributed by atoms with E-state index in [2.05, 4.69) is 0 Å². The molecule has 0 heterocycles. The number of nitrogens with two attached hydrogens (primary N) is 1. The highest BCUT2D eigenvalue weighted by Gasteiger charge is 2.05. The number of ketones is 1. The number of hydrogen-bond acceptors (Lipinski definition) is 2. The molecule has 0 aliphatic carbocycles. The molecule has 1 aromatic rings. The molecule has 0 bridgehead atoms. The molecule has 0 aliphatic heterocycles. The van der Waals surface area contributed by atoms with Crippen molar-refractivity contribution in [3.8, 4) is 0 Å². The lowest BCUT2D eigenvalue weighted by atomic mass is 10.0. The lowest BCUT2D eigenvalue weighted by Crippen LogP contribution is -2.25. The van der Waals surface area contributed by atoms with Crippen LogP contribution < -0.4 is 5.73 Å². The van der Waals surface area contributed by atoms with Crippen molar-refractivity contribution in [3.63, 3.8) is 0 Å². The van der Waals surface area contributed by atoms with Crippen LogP contribution in [0, 0.1) is 0 Å². The monoisotopic (exact) mass is 267 g/mol. The molecule has 0 aromatic heterocycles. The Morgan fingerprint density at radius 2 is 1.42 bits per heavy atom. The number of Topliss-reactive ketones (excluding diaryl/α,β-unsaturated/α-hetero) is 1. The fraction of sp³-hybridized carbons (Fsp3) is 0.588. The van der Waals surface area contributed by atoms with E-state index in [0.29, 0.717) is 6.42 Å². The molecule has 2 heteroatoms. The van der Waals surface area contributed by atoms with Gasteiger partial charge in [-0.05, 0) is 18.9 Å². The van der Waals surface area contributed by atoms with Gasteiger partial charge in [0.15, 0.2) is 0 Å². The molecule has 1 aromatic carbocycles. The van der Waals surface area contributed by atoms with Crippen LogP contribution in [0.15, 0.2) is 30.3 Å². The number of carbonyl (C=O) groups is 1. The van der Waals surface area contributed by atoms with Gasteiger partial charge in [-0.15, -0.1) is 0 Å². The van der Waals surface area contributed by atoms with Crippen LogP contribution >= 0.6 is 0 Å². The Morgan fingerprint density at radius 1 is 1.00 bits per heavy atom. The van der Waals surface area contributed by atoms with Crippen LogP contribution in [0.5, 0.6) is 0 Å². The van der Waals surface area contributed by atoms with Gasteiger partial charge in [-0.3, -0.25) is 4.79 Å². The van der Waals surface area contributed by atoms with Gasteiger partial charge in [0, 0.05) is 12.5 Å². The number of hydrogen-bond donors (Lipinski definition) is 1. The molecular formula is C17H33NO. The lowest BCUT2D eigenvalue weighted by molar-refractivity contribution is -0.117. The highest BCUT2D eigenvalue weighted by Crippen LogP contribution is 2.03. The third-order valence-electron chi connectivity index (χ3n) is 1.89. The van der Waals surface area contributed by atoms with Gasteiger partial charge < -0.3 is 5.73 Å². The fourth-order valence-corrected chi connectivity index (χ4v) is 1.36. The molecule has 1 atom stereocenters. The van der Waals surface area contributed by atoms with Gasteiger partial charge >= 0.3 is 0 Å². The molecule has 0 spiro atoms. The van der Waals surface area contributed by atoms with E-state index < -0.39 is 0 Å². The molecule has 2 nitrogen and oxygen atoms in total. The summed E-state index contributed by atoms with van der Waals surface area (Å²) in [6.07, 6.45) is 1.25. The van der Waals surface area contributed by atoms with E-state index >= 15 is 0 Å². The molecule has 0 fully saturated rings. The number of rotatable bonds is 4. The molecule has 2 N–H and O–H groups in total. The zero-order valence-corrected chi connectivity index (χ0v) is 13.9. The minimum atomic E-state index is -0.0418. The van der Waals surface area contributed by atoms with E-state index in [1.165, 1.54) is 5.56 Å². The Bertz CT molecular complexity index is 270. The van der Waals surface area contributed by atoms with Crippen LogP contribution in [0.1, 0.15) is 60.5 Å². The highest BCUT2D eigenvalue weighted by atomic mass is 16.1. The predicted octanol–water partition coefficient (Wildman–Crippen LogP) is 4.61. The summed E-state index contributed by atoms with van der Waals surface area (Å²) in [6.45, 7) is 13.6. The van der Waals surface area contributed by atoms with Crippen LogP contribution in [0.3, 0.4) is 0 Å². The Kier molecular flexibility index (Phi) is 23.2. The SMILES string of the molecule is CC.CC.CC.CC(=O)CC(N)Cc1ccccc1. The van der Waals surface area contributed by atoms with Gasteiger partial charge in [0.25, 0.3) is 0 Å². The Balaban J connectivity index is -0.000000375. The Morgan fingerprint density at radius 3 is 1.79 bits per heavy atom. The summed E-state index contributed by atoms with van der Waals surface area (Å²) >= 11 is 0. The van der Waals surface area contributed by atoms with E-state index in [0.717, 1.165) is 6.42 Å². The molecule has 1 unspecified atom stereocenters. The summed E-state index contributed by atoms with van der Waals surface area (Å²) in [5.74, 6) is 0.156. The van der Waals surface area contributed by atoms with Crippen molar-refractivity contribution in [2.45, 2.75) is 67.3 Å². The first-order chi connectivity index (χ1) is 9.18. The van der Waals surface area contributed by atoms with Crippen LogP contribution in [0.25, 0.3) is 0 Å². The second-order valence-electron chi connectivity index (χ2n) is 3.36. The van der Waals surface area contributed by atoms with Gasteiger partial charge in [0.1, 0.15) is 5.78 Å². The van der Waals surface area contributed by atoms with E-state index in [-0.39, 0.29) is 11.8 Å². The van der Waals surface area contributed by atoms with Crippen molar-refractivity contribution in [3.05, 3.63) is 35.9 Å². The van der Waals surface area contributed by atoms with Gasteiger partial charge in [0.05, 0.1) is 0 Å².